The first kappa shape index (κ1) is 14.2. The summed E-state index contributed by atoms with van der Waals surface area (Å²) in [7, 11) is 0.102. The molecule has 104 valence electrons. The van der Waals surface area contributed by atoms with E-state index in [1.54, 1.807) is 10.6 Å². The maximum Gasteiger partial charge on any atom is -0.0166 e. The van der Waals surface area contributed by atoms with Gasteiger partial charge in [0.2, 0.25) is 0 Å². The summed E-state index contributed by atoms with van der Waals surface area (Å²) in [4.78, 5) is 0. The van der Waals surface area contributed by atoms with Crippen molar-refractivity contribution in [3.63, 3.8) is 0 Å². The summed E-state index contributed by atoms with van der Waals surface area (Å²) in [5, 5.41) is 3.09. The van der Waals surface area contributed by atoms with Crippen LogP contribution in [0.1, 0.15) is 12.8 Å². The van der Waals surface area contributed by atoms with Gasteiger partial charge in [-0.3, -0.25) is 0 Å². The quantitative estimate of drug-likeness (QED) is 0.734. The molecule has 1 heterocycles. The van der Waals surface area contributed by atoms with Gasteiger partial charge >= 0.3 is 0 Å². The van der Waals surface area contributed by atoms with Crippen molar-refractivity contribution in [2.45, 2.75) is 18.5 Å². The van der Waals surface area contributed by atoms with E-state index in [0.29, 0.717) is 0 Å². The van der Waals surface area contributed by atoms with Crippen molar-refractivity contribution in [2.75, 3.05) is 19.0 Å². The Morgan fingerprint density at radius 3 is 1.95 bits per heavy atom. The molecule has 1 aliphatic rings. The zero-order valence-corrected chi connectivity index (χ0v) is 13.9. The standard InChI is InChI=1S/C18H22P2/c1-19-14-8-13-18(19)15-20(16-9-4-2-5-10-16)17-11-6-3-7-12-17/h2-7,9-12,18H,8,13-15H2,1H3/t18-,19?/m1/s1. The van der Waals surface area contributed by atoms with Crippen LogP contribution in [0.4, 0.5) is 0 Å². The zero-order valence-electron chi connectivity index (χ0n) is 12.1. The largest absolute Gasteiger partial charge is 0.106 e. The summed E-state index contributed by atoms with van der Waals surface area (Å²) in [6, 6.07) is 22.3. The first-order chi connectivity index (χ1) is 9.84. The molecule has 1 unspecified atom stereocenters. The second-order valence-corrected chi connectivity index (χ2v) is 10.5. The minimum Gasteiger partial charge on any atom is -0.106 e. The average molecular weight is 300 g/mol. The molecule has 2 aromatic rings. The maximum absolute atomic E-state index is 2.51. The molecule has 1 saturated heterocycles. The lowest BCUT2D eigenvalue weighted by atomic mass is 10.3. The lowest BCUT2D eigenvalue weighted by molar-refractivity contribution is 0.841. The smallest absolute Gasteiger partial charge is 0.0166 e. The van der Waals surface area contributed by atoms with Gasteiger partial charge in [-0.15, -0.1) is 7.92 Å². The van der Waals surface area contributed by atoms with Gasteiger partial charge < -0.3 is 0 Å². The lowest BCUT2D eigenvalue weighted by Crippen LogP contribution is -2.19. The number of rotatable bonds is 4. The van der Waals surface area contributed by atoms with Crippen molar-refractivity contribution in [3.05, 3.63) is 60.7 Å². The highest BCUT2D eigenvalue weighted by Gasteiger charge is 2.27. The summed E-state index contributed by atoms with van der Waals surface area (Å²) in [6.07, 6.45) is 5.80. The third-order valence-electron chi connectivity index (χ3n) is 4.20. The molecular weight excluding hydrogens is 278 g/mol. The van der Waals surface area contributed by atoms with E-state index in [1.165, 1.54) is 25.2 Å². The van der Waals surface area contributed by atoms with Crippen LogP contribution < -0.4 is 10.6 Å². The van der Waals surface area contributed by atoms with Gasteiger partial charge in [-0.2, -0.15) is 0 Å². The molecular formula is C18H22P2. The highest BCUT2D eigenvalue weighted by molar-refractivity contribution is 7.74. The molecule has 2 heteroatoms. The topological polar surface area (TPSA) is 0 Å². The van der Waals surface area contributed by atoms with Crippen molar-refractivity contribution in [3.8, 4) is 0 Å². The normalized spacial score (nSPS) is 22.3. The number of hydrogen-bond acceptors (Lipinski definition) is 0. The van der Waals surface area contributed by atoms with Crippen molar-refractivity contribution >= 4 is 26.5 Å². The molecule has 0 aliphatic carbocycles. The molecule has 0 saturated carbocycles. The van der Waals surface area contributed by atoms with Crippen LogP contribution in [-0.4, -0.2) is 24.6 Å². The van der Waals surface area contributed by atoms with Crippen LogP contribution in [0.25, 0.3) is 0 Å². The summed E-state index contributed by atoms with van der Waals surface area (Å²) < 4.78 is 0. The van der Waals surface area contributed by atoms with E-state index in [-0.39, 0.29) is 15.8 Å². The number of hydrogen-bond donors (Lipinski definition) is 0. The van der Waals surface area contributed by atoms with E-state index >= 15 is 0 Å². The molecule has 0 radical (unpaired) electrons. The predicted octanol–water partition coefficient (Wildman–Crippen LogP) is 4.39. The lowest BCUT2D eigenvalue weighted by Gasteiger charge is -2.24. The molecule has 0 amide bonds. The van der Waals surface area contributed by atoms with Gasteiger partial charge in [0.1, 0.15) is 0 Å². The second kappa shape index (κ2) is 6.84. The molecule has 1 fully saturated rings. The zero-order chi connectivity index (χ0) is 13.8. The Hall–Kier alpha value is -0.700. The Balaban J connectivity index is 1.88. The van der Waals surface area contributed by atoms with Crippen LogP contribution in [0.3, 0.4) is 0 Å². The summed E-state index contributed by atoms with van der Waals surface area (Å²) in [5.74, 6) is 0. The molecule has 3 rings (SSSR count). The van der Waals surface area contributed by atoms with Crippen LogP contribution in [0.5, 0.6) is 0 Å². The van der Waals surface area contributed by atoms with Gasteiger partial charge in [0.15, 0.2) is 0 Å². The maximum atomic E-state index is 2.51. The van der Waals surface area contributed by atoms with Crippen molar-refractivity contribution < 1.29 is 0 Å². The number of benzene rings is 2. The fourth-order valence-electron chi connectivity index (χ4n) is 3.00. The van der Waals surface area contributed by atoms with E-state index in [9.17, 15) is 0 Å². The Bertz CT molecular complexity index is 484. The van der Waals surface area contributed by atoms with Crippen LogP contribution in [0, 0.1) is 0 Å². The highest BCUT2D eigenvalue weighted by atomic mass is 31.1. The molecule has 0 N–H and O–H groups in total. The van der Waals surface area contributed by atoms with Crippen LogP contribution in [0.15, 0.2) is 60.7 Å². The van der Waals surface area contributed by atoms with E-state index in [1.807, 2.05) is 0 Å². The van der Waals surface area contributed by atoms with Crippen molar-refractivity contribution in [2.24, 2.45) is 0 Å². The van der Waals surface area contributed by atoms with E-state index in [4.69, 9.17) is 0 Å². The minimum absolute atomic E-state index is 0.172. The van der Waals surface area contributed by atoms with Gasteiger partial charge in [0.25, 0.3) is 0 Å². The molecule has 20 heavy (non-hydrogen) atoms. The van der Waals surface area contributed by atoms with E-state index < -0.39 is 0 Å². The van der Waals surface area contributed by atoms with Gasteiger partial charge in [0.05, 0.1) is 0 Å². The first-order valence-corrected chi connectivity index (χ1v) is 11.0. The molecule has 1 aliphatic heterocycles. The highest BCUT2D eigenvalue weighted by Crippen LogP contribution is 2.51. The van der Waals surface area contributed by atoms with Gasteiger partial charge in [-0.1, -0.05) is 60.7 Å². The van der Waals surface area contributed by atoms with E-state index in [0.717, 1.165) is 5.66 Å². The predicted molar refractivity (Wildman–Crippen MR) is 94.7 cm³/mol. The minimum atomic E-state index is -0.172. The molecule has 2 aromatic carbocycles. The fourth-order valence-corrected chi connectivity index (χ4v) is 8.66. The molecule has 0 aromatic heterocycles. The SMILES string of the molecule is CP1CCC[C@@H]1CP(c1ccccc1)c1ccccc1. The van der Waals surface area contributed by atoms with Gasteiger partial charge in [0, 0.05) is 0 Å². The average Bonchev–Trinajstić information content (AvgIpc) is 2.92. The van der Waals surface area contributed by atoms with E-state index in [2.05, 4.69) is 67.3 Å². The van der Waals surface area contributed by atoms with Gasteiger partial charge in [-0.05, 0) is 56.0 Å². The fraction of sp³-hybridized carbons (Fsp3) is 0.333. The summed E-state index contributed by atoms with van der Waals surface area (Å²) >= 11 is 0. The van der Waals surface area contributed by atoms with Crippen molar-refractivity contribution in [1.29, 1.82) is 0 Å². The Labute approximate surface area is 125 Å². The monoisotopic (exact) mass is 300 g/mol. The summed E-state index contributed by atoms with van der Waals surface area (Å²) in [5.41, 5.74) is 0.983. The Morgan fingerprint density at radius 2 is 1.50 bits per heavy atom. The summed E-state index contributed by atoms with van der Waals surface area (Å²) in [6.45, 7) is 2.51. The molecule has 0 nitrogen and oxygen atoms in total. The van der Waals surface area contributed by atoms with Crippen molar-refractivity contribution in [1.82, 2.24) is 0 Å². The first-order valence-electron chi connectivity index (χ1n) is 7.42. The Kier molecular flexibility index (Phi) is 4.87. The van der Waals surface area contributed by atoms with Crippen LogP contribution in [0.2, 0.25) is 0 Å². The third-order valence-corrected chi connectivity index (χ3v) is 9.85. The molecule has 0 spiro atoms. The molecule has 0 bridgehead atoms. The molecule has 2 atom stereocenters. The second-order valence-electron chi connectivity index (χ2n) is 5.56. The third kappa shape index (κ3) is 3.30. The van der Waals surface area contributed by atoms with Gasteiger partial charge in [-0.25, -0.2) is 0 Å². The Morgan fingerprint density at radius 1 is 0.950 bits per heavy atom. The van der Waals surface area contributed by atoms with Crippen LogP contribution >= 0.6 is 15.8 Å². The van der Waals surface area contributed by atoms with Crippen LogP contribution in [-0.2, 0) is 0 Å².